The third-order valence-corrected chi connectivity index (χ3v) is 5.89. The first-order chi connectivity index (χ1) is 17.5. The lowest BCUT2D eigenvalue weighted by molar-refractivity contribution is -0.118. The molecule has 0 saturated carbocycles. The third kappa shape index (κ3) is 5.21. The van der Waals surface area contributed by atoms with Crippen LogP contribution in [0.1, 0.15) is 33.6 Å². The molecule has 0 aliphatic carbocycles. The Balaban J connectivity index is 1.21. The maximum absolute atomic E-state index is 13.0. The second kappa shape index (κ2) is 10.2. The molecular formula is C27H23FN2O6. The minimum Gasteiger partial charge on any atom is -0.484 e. The van der Waals surface area contributed by atoms with Crippen LogP contribution in [0.5, 0.6) is 17.2 Å². The van der Waals surface area contributed by atoms with Gasteiger partial charge in [0.25, 0.3) is 17.7 Å². The van der Waals surface area contributed by atoms with Crippen molar-refractivity contribution in [2.75, 3.05) is 25.1 Å². The molecule has 36 heavy (non-hydrogen) atoms. The zero-order valence-corrected chi connectivity index (χ0v) is 19.2. The van der Waals surface area contributed by atoms with Gasteiger partial charge in [-0.1, -0.05) is 6.07 Å². The zero-order chi connectivity index (χ0) is 25.1. The molecule has 1 N–H and O–H groups in total. The van der Waals surface area contributed by atoms with Gasteiger partial charge >= 0.3 is 0 Å². The van der Waals surface area contributed by atoms with Gasteiger partial charge in [0.1, 0.15) is 23.1 Å². The molecule has 2 heterocycles. The molecule has 5 rings (SSSR count). The van der Waals surface area contributed by atoms with Crippen LogP contribution >= 0.6 is 0 Å². The van der Waals surface area contributed by atoms with Gasteiger partial charge in [0, 0.05) is 18.4 Å². The van der Waals surface area contributed by atoms with Gasteiger partial charge in [-0.05, 0) is 67.4 Å². The quantitative estimate of drug-likeness (QED) is 0.470. The summed E-state index contributed by atoms with van der Waals surface area (Å²) in [5, 5.41) is 2.71. The summed E-state index contributed by atoms with van der Waals surface area (Å²) in [6.45, 7) is 0.641. The van der Waals surface area contributed by atoms with Crippen molar-refractivity contribution in [1.29, 1.82) is 0 Å². The topological polar surface area (TPSA) is 94.2 Å². The number of halogens is 1. The average molecular weight is 490 g/mol. The number of carbonyl (C=O) groups excluding carboxylic acids is 3. The summed E-state index contributed by atoms with van der Waals surface area (Å²) in [5.41, 5.74) is 1.11. The number of fused-ring (bicyclic) bond motifs is 1. The fourth-order valence-electron chi connectivity index (χ4n) is 4.14. The number of nitrogens with one attached hydrogen (secondary N) is 1. The predicted octanol–water partition coefficient (Wildman–Crippen LogP) is 4.41. The van der Waals surface area contributed by atoms with Gasteiger partial charge in [-0.3, -0.25) is 19.3 Å². The molecule has 8 nitrogen and oxygen atoms in total. The lowest BCUT2D eigenvalue weighted by Crippen LogP contribution is -2.36. The summed E-state index contributed by atoms with van der Waals surface area (Å²) in [7, 11) is 0. The molecule has 1 unspecified atom stereocenters. The van der Waals surface area contributed by atoms with Crippen molar-refractivity contribution in [3.8, 4) is 17.2 Å². The summed E-state index contributed by atoms with van der Waals surface area (Å²) >= 11 is 0. The van der Waals surface area contributed by atoms with Crippen LogP contribution in [0.15, 0.2) is 66.7 Å². The molecule has 0 spiro atoms. The highest BCUT2D eigenvalue weighted by molar-refractivity contribution is 6.21. The van der Waals surface area contributed by atoms with Crippen molar-refractivity contribution in [1.82, 2.24) is 4.90 Å². The first-order valence-corrected chi connectivity index (χ1v) is 11.5. The van der Waals surface area contributed by atoms with E-state index in [-0.39, 0.29) is 42.5 Å². The van der Waals surface area contributed by atoms with E-state index in [2.05, 4.69) is 5.32 Å². The Bertz CT molecular complexity index is 1300. The van der Waals surface area contributed by atoms with Gasteiger partial charge in [-0.15, -0.1) is 0 Å². The maximum Gasteiger partial charge on any atom is 0.262 e. The Morgan fingerprint density at radius 3 is 2.50 bits per heavy atom. The summed E-state index contributed by atoms with van der Waals surface area (Å²) in [4.78, 5) is 39.1. The molecular weight excluding hydrogens is 467 g/mol. The van der Waals surface area contributed by atoms with Gasteiger partial charge in [0.15, 0.2) is 6.61 Å². The van der Waals surface area contributed by atoms with E-state index in [9.17, 15) is 18.8 Å². The van der Waals surface area contributed by atoms with Gasteiger partial charge in [0.2, 0.25) is 0 Å². The van der Waals surface area contributed by atoms with Crippen molar-refractivity contribution in [3.63, 3.8) is 0 Å². The number of hydrogen-bond donors (Lipinski definition) is 1. The van der Waals surface area contributed by atoms with Crippen molar-refractivity contribution < 1.29 is 33.0 Å². The molecule has 0 radical (unpaired) electrons. The van der Waals surface area contributed by atoms with Crippen LogP contribution in [0.2, 0.25) is 0 Å². The number of benzene rings is 3. The molecule has 3 aromatic carbocycles. The maximum atomic E-state index is 13.0. The molecule has 2 aliphatic rings. The third-order valence-electron chi connectivity index (χ3n) is 5.89. The number of imide groups is 1. The highest BCUT2D eigenvalue weighted by atomic mass is 19.1. The highest BCUT2D eigenvalue weighted by Crippen LogP contribution is 2.31. The van der Waals surface area contributed by atoms with Crippen LogP contribution in [-0.4, -0.2) is 48.5 Å². The largest absolute Gasteiger partial charge is 0.484 e. The van der Waals surface area contributed by atoms with Crippen LogP contribution < -0.4 is 14.8 Å². The molecule has 9 heteroatoms. The summed E-state index contributed by atoms with van der Waals surface area (Å²) in [6.07, 6.45) is 1.63. The van der Waals surface area contributed by atoms with E-state index in [1.165, 1.54) is 29.2 Å². The zero-order valence-electron chi connectivity index (χ0n) is 19.2. The van der Waals surface area contributed by atoms with Crippen molar-refractivity contribution in [2.24, 2.45) is 0 Å². The van der Waals surface area contributed by atoms with Gasteiger partial charge < -0.3 is 19.5 Å². The fraction of sp³-hybridized carbons (Fsp3) is 0.222. The van der Waals surface area contributed by atoms with Crippen LogP contribution in [0, 0.1) is 5.82 Å². The molecule has 2 aliphatic heterocycles. The Kier molecular flexibility index (Phi) is 6.64. The minimum absolute atomic E-state index is 0.123. The second-order valence-electron chi connectivity index (χ2n) is 8.48. The Morgan fingerprint density at radius 1 is 0.972 bits per heavy atom. The van der Waals surface area contributed by atoms with Crippen LogP contribution in [-0.2, 0) is 9.53 Å². The van der Waals surface area contributed by atoms with Gasteiger partial charge in [-0.2, -0.15) is 0 Å². The lowest BCUT2D eigenvalue weighted by Gasteiger charge is -2.17. The number of rotatable bonds is 8. The summed E-state index contributed by atoms with van der Waals surface area (Å²) in [5.74, 6) is -0.286. The normalized spacial score (nSPS) is 16.7. The van der Waals surface area contributed by atoms with Crippen LogP contribution in [0.4, 0.5) is 10.1 Å². The van der Waals surface area contributed by atoms with Crippen molar-refractivity contribution in [3.05, 3.63) is 83.7 Å². The SMILES string of the molecule is O=C(COc1ccc(F)cc1)Nc1cccc(Oc2ccc3c(c2)C(=O)N(CC2CCCO2)C3=O)c1. The number of anilines is 1. The molecule has 0 bridgehead atoms. The molecule has 184 valence electrons. The average Bonchev–Trinajstić information content (AvgIpc) is 3.47. The van der Waals surface area contributed by atoms with Crippen LogP contribution in [0.25, 0.3) is 0 Å². The molecule has 3 amide bonds. The minimum atomic E-state index is -0.399. The van der Waals surface area contributed by atoms with E-state index in [1.807, 2.05) is 0 Å². The Labute approximate surface area is 206 Å². The van der Waals surface area contributed by atoms with E-state index in [4.69, 9.17) is 14.2 Å². The van der Waals surface area contributed by atoms with E-state index in [0.717, 1.165) is 12.8 Å². The van der Waals surface area contributed by atoms with Crippen LogP contribution in [0.3, 0.4) is 0 Å². The summed E-state index contributed by atoms with van der Waals surface area (Å²) < 4.78 is 29.8. The Hall–Kier alpha value is -4.24. The lowest BCUT2D eigenvalue weighted by atomic mass is 10.1. The van der Waals surface area contributed by atoms with Gasteiger partial charge in [0.05, 0.1) is 23.8 Å². The molecule has 1 saturated heterocycles. The number of amides is 3. The summed E-state index contributed by atoms with van der Waals surface area (Å²) in [6, 6.07) is 16.9. The van der Waals surface area contributed by atoms with E-state index >= 15 is 0 Å². The standard InChI is InChI=1S/C27H23FN2O6/c28-17-6-8-19(9-7-17)35-16-25(31)29-18-3-1-4-20(13-18)36-21-10-11-23-24(14-21)27(33)30(26(23)32)15-22-5-2-12-34-22/h1,3-4,6-11,13-14,22H,2,5,12,15-16H2,(H,29,31). The fourth-order valence-corrected chi connectivity index (χ4v) is 4.14. The molecule has 0 aromatic heterocycles. The second-order valence-corrected chi connectivity index (χ2v) is 8.48. The predicted molar refractivity (Wildman–Crippen MR) is 128 cm³/mol. The van der Waals surface area contributed by atoms with Crippen molar-refractivity contribution >= 4 is 23.4 Å². The Morgan fingerprint density at radius 2 is 1.72 bits per heavy atom. The van der Waals surface area contributed by atoms with Crippen molar-refractivity contribution in [2.45, 2.75) is 18.9 Å². The van der Waals surface area contributed by atoms with E-state index < -0.39 is 5.91 Å². The molecule has 1 atom stereocenters. The van der Waals surface area contributed by atoms with Gasteiger partial charge in [-0.25, -0.2) is 4.39 Å². The number of ether oxygens (including phenoxy) is 3. The number of hydrogen-bond acceptors (Lipinski definition) is 6. The molecule has 3 aromatic rings. The first-order valence-electron chi connectivity index (χ1n) is 11.5. The highest BCUT2D eigenvalue weighted by Gasteiger charge is 2.37. The molecule has 1 fully saturated rings. The van der Waals surface area contributed by atoms with E-state index in [1.54, 1.807) is 42.5 Å². The number of carbonyl (C=O) groups is 3. The number of nitrogens with zero attached hydrogens (tertiary/aromatic N) is 1. The first kappa shape index (κ1) is 23.5. The van der Waals surface area contributed by atoms with E-state index in [0.29, 0.717) is 35.1 Å². The smallest absolute Gasteiger partial charge is 0.262 e. The monoisotopic (exact) mass is 490 g/mol.